The van der Waals surface area contributed by atoms with Gasteiger partial charge in [-0.15, -0.1) is 0 Å². The zero-order valence-electron chi connectivity index (χ0n) is 14.2. The molecule has 0 bridgehead atoms. The quantitative estimate of drug-likeness (QED) is 0.843. The number of hydrogen-bond acceptors (Lipinski definition) is 6. The van der Waals surface area contributed by atoms with Gasteiger partial charge in [-0.25, -0.2) is 9.97 Å². The number of aryl methyl sites for hydroxylation is 2. The monoisotopic (exact) mass is 329 g/mol. The normalized spacial score (nSPS) is 23.2. The molecule has 0 N–H and O–H groups in total. The zero-order chi connectivity index (χ0) is 16.6. The molecule has 1 atom stereocenters. The minimum Gasteiger partial charge on any atom is -0.460 e. The fourth-order valence-corrected chi connectivity index (χ4v) is 3.72. The molecule has 0 unspecified atom stereocenters. The van der Waals surface area contributed by atoms with Crippen molar-refractivity contribution in [1.29, 1.82) is 0 Å². The number of aromatic nitrogens is 4. The van der Waals surface area contributed by atoms with Crippen molar-refractivity contribution in [3.8, 4) is 6.01 Å². The van der Waals surface area contributed by atoms with Crippen molar-refractivity contribution >= 4 is 0 Å². The van der Waals surface area contributed by atoms with E-state index in [1.807, 2.05) is 18.7 Å². The summed E-state index contributed by atoms with van der Waals surface area (Å²) >= 11 is 0. The average Bonchev–Trinajstić information content (AvgIpc) is 2.85. The van der Waals surface area contributed by atoms with Crippen LogP contribution in [0.15, 0.2) is 24.5 Å². The Balaban J connectivity index is 1.33. The van der Waals surface area contributed by atoms with Crippen LogP contribution < -0.4 is 4.74 Å². The average molecular weight is 329 g/mol. The van der Waals surface area contributed by atoms with E-state index in [-0.39, 0.29) is 11.7 Å². The summed E-state index contributed by atoms with van der Waals surface area (Å²) in [5.41, 5.74) is 2.22. The third-order valence-corrected chi connectivity index (χ3v) is 4.77. The number of nitrogens with zero attached hydrogens (tertiary/aromatic N) is 5. The van der Waals surface area contributed by atoms with Crippen LogP contribution in [0.3, 0.4) is 0 Å². The Morgan fingerprint density at radius 3 is 2.83 bits per heavy atom. The van der Waals surface area contributed by atoms with Crippen molar-refractivity contribution in [3.05, 3.63) is 35.9 Å². The van der Waals surface area contributed by atoms with Gasteiger partial charge in [-0.05, 0) is 19.1 Å². The van der Waals surface area contributed by atoms with Gasteiger partial charge in [0.2, 0.25) is 0 Å². The molecule has 2 fully saturated rings. The molecular formula is C17H23N5O2. The second-order valence-electron chi connectivity index (χ2n) is 6.84. The minimum absolute atomic E-state index is 0.0780. The highest BCUT2D eigenvalue weighted by atomic mass is 16.5. The first kappa shape index (κ1) is 15.5. The van der Waals surface area contributed by atoms with Gasteiger partial charge in [-0.1, -0.05) is 0 Å². The predicted octanol–water partition coefficient (Wildman–Crippen LogP) is 1.33. The van der Waals surface area contributed by atoms with Crippen LogP contribution in [-0.4, -0.2) is 56.0 Å². The molecule has 2 saturated heterocycles. The zero-order valence-corrected chi connectivity index (χ0v) is 14.2. The smallest absolute Gasteiger partial charge is 0.316 e. The van der Waals surface area contributed by atoms with Crippen molar-refractivity contribution in [1.82, 2.24) is 24.6 Å². The topological polar surface area (TPSA) is 65.3 Å². The van der Waals surface area contributed by atoms with E-state index in [0.717, 1.165) is 44.8 Å². The van der Waals surface area contributed by atoms with Crippen molar-refractivity contribution in [3.63, 3.8) is 0 Å². The van der Waals surface area contributed by atoms with E-state index in [0.29, 0.717) is 6.01 Å². The number of likely N-dealkylation sites (tertiary alicyclic amines) is 1. The van der Waals surface area contributed by atoms with E-state index in [4.69, 9.17) is 9.47 Å². The van der Waals surface area contributed by atoms with Crippen LogP contribution in [0.2, 0.25) is 0 Å². The molecule has 7 heteroatoms. The van der Waals surface area contributed by atoms with Gasteiger partial charge in [0.15, 0.2) is 0 Å². The largest absolute Gasteiger partial charge is 0.460 e. The van der Waals surface area contributed by atoms with Crippen LogP contribution in [0, 0.1) is 6.92 Å². The lowest BCUT2D eigenvalue weighted by Gasteiger charge is -2.52. The van der Waals surface area contributed by atoms with Gasteiger partial charge < -0.3 is 9.47 Å². The van der Waals surface area contributed by atoms with E-state index < -0.39 is 0 Å². The molecule has 2 aromatic heterocycles. The lowest BCUT2D eigenvalue weighted by molar-refractivity contribution is -0.189. The standard InChI is InChI=1S/C17H23N5O2/c1-13-8-14(21(2)20-13)10-22-11-17(12-22)9-15(4-7-23-17)24-16-18-5-3-6-19-16/h3,5-6,8,15H,4,7,9-12H2,1-2H3/t15-/m1/s1. The molecule has 2 aliphatic rings. The first-order chi connectivity index (χ1) is 11.6. The first-order valence-corrected chi connectivity index (χ1v) is 8.41. The molecule has 2 aliphatic heterocycles. The maximum absolute atomic E-state index is 6.09. The van der Waals surface area contributed by atoms with Gasteiger partial charge in [0.25, 0.3) is 0 Å². The van der Waals surface area contributed by atoms with Crippen LogP contribution in [-0.2, 0) is 18.3 Å². The van der Waals surface area contributed by atoms with Crippen molar-refractivity contribution < 1.29 is 9.47 Å². The molecule has 0 aliphatic carbocycles. The molecule has 24 heavy (non-hydrogen) atoms. The molecule has 128 valence electrons. The number of rotatable bonds is 4. The highest BCUT2D eigenvalue weighted by Gasteiger charge is 2.48. The van der Waals surface area contributed by atoms with Crippen LogP contribution in [0.5, 0.6) is 6.01 Å². The second kappa shape index (κ2) is 6.14. The lowest BCUT2D eigenvalue weighted by atomic mass is 9.84. The minimum atomic E-state index is -0.0780. The van der Waals surface area contributed by atoms with Crippen LogP contribution in [0.1, 0.15) is 24.2 Å². The first-order valence-electron chi connectivity index (χ1n) is 8.41. The fraction of sp³-hybridized carbons (Fsp3) is 0.588. The maximum Gasteiger partial charge on any atom is 0.316 e. The number of ether oxygens (including phenoxy) is 2. The van der Waals surface area contributed by atoms with Gasteiger partial charge in [-0.3, -0.25) is 9.58 Å². The molecule has 0 aromatic carbocycles. The summed E-state index contributed by atoms with van der Waals surface area (Å²) in [7, 11) is 2.00. The Kier molecular flexibility index (Phi) is 3.97. The fourth-order valence-electron chi connectivity index (χ4n) is 3.72. The van der Waals surface area contributed by atoms with Crippen molar-refractivity contribution in [2.75, 3.05) is 19.7 Å². The third kappa shape index (κ3) is 3.14. The maximum atomic E-state index is 6.09. The molecular weight excluding hydrogens is 306 g/mol. The molecule has 4 rings (SSSR count). The summed E-state index contributed by atoms with van der Waals surface area (Å²) in [5.74, 6) is 0. The van der Waals surface area contributed by atoms with Gasteiger partial charge in [-0.2, -0.15) is 5.10 Å². The molecule has 4 heterocycles. The molecule has 0 radical (unpaired) electrons. The summed E-state index contributed by atoms with van der Waals surface area (Å²) in [6, 6.07) is 4.40. The molecule has 0 amide bonds. The summed E-state index contributed by atoms with van der Waals surface area (Å²) in [6.45, 7) is 5.55. The van der Waals surface area contributed by atoms with Gasteiger partial charge in [0.05, 0.1) is 23.6 Å². The highest BCUT2D eigenvalue weighted by Crippen LogP contribution is 2.36. The Hall–Kier alpha value is -1.99. The summed E-state index contributed by atoms with van der Waals surface area (Å²) < 4.78 is 14.0. The van der Waals surface area contributed by atoms with Gasteiger partial charge in [0, 0.05) is 51.9 Å². The molecule has 2 aromatic rings. The number of hydrogen-bond donors (Lipinski definition) is 0. The van der Waals surface area contributed by atoms with Crippen LogP contribution >= 0.6 is 0 Å². The summed E-state index contributed by atoms with van der Waals surface area (Å²) in [5, 5.41) is 4.41. The Morgan fingerprint density at radius 1 is 1.33 bits per heavy atom. The Bertz CT molecular complexity index is 696. The van der Waals surface area contributed by atoms with E-state index in [2.05, 4.69) is 26.0 Å². The van der Waals surface area contributed by atoms with E-state index in [1.54, 1.807) is 18.5 Å². The highest BCUT2D eigenvalue weighted by molar-refractivity contribution is 5.11. The van der Waals surface area contributed by atoms with Crippen molar-refractivity contribution in [2.24, 2.45) is 7.05 Å². The Morgan fingerprint density at radius 2 is 2.12 bits per heavy atom. The van der Waals surface area contributed by atoms with Crippen molar-refractivity contribution in [2.45, 2.75) is 38.0 Å². The van der Waals surface area contributed by atoms with Gasteiger partial charge >= 0.3 is 6.01 Å². The third-order valence-electron chi connectivity index (χ3n) is 4.77. The van der Waals surface area contributed by atoms with E-state index >= 15 is 0 Å². The predicted molar refractivity (Wildman–Crippen MR) is 87.6 cm³/mol. The molecule has 0 saturated carbocycles. The van der Waals surface area contributed by atoms with Gasteiger partial charge in [0.1, 0.15) is 6.10 Å². The Labute approximate surface area is 141 Å². The SMILES string of the molecule is Cc1cc(CN2CC3(C[C@H](Oc4ncccn4)CCO3)C2)n(C)n1. The summed E-state index contributed by atoms with van der Waals surface area (Å²) in [6.07, 6.45) is 5.33. The van der Waals surface area contributed by atoms with E-state index in [9.17, 15) is 0 Å². The van der Waals surface area contributed by atoms with Crippen LogP contribution in [0.25, 0.3) is 0 Å². The summed E-state index contributed by atoms with van der Waals surface area (Å²) in [4.78, 5) is 10.7. The lowest BCUT2D eigenvalue weighted by Crippen LogP contribution is -2.65. The molecule has 1 spiro atoms. The molecule has 7 nitrogen and oxygen atoms in total. The second-order valence-corrected chi connectivity index (χ2v) is 6.84. The van der Waals surface area contributed by atoms with Crippen LogP contribution in [0.4, 0.5) is 0 Å². The van der Waals surface area contributed by atoms with E-state index in [1.165, 1.54) is 5.69 Å².